The highest BCUT2D eigenvalue weighted by Crippen LogP contribution is 2.41. The van der Waals surface area contributed by atoms with Crippen molar-refractivity contribution in [2.24, 2.45) is 0 Å². The quantitative estimate of drug-likeness (QED) is 0.289. The normalized spacial score (nSPS) is 20.6. The number of benzene rings is 2. The van der Waals surface area contributed by atoms with Gasteiger partial charge in [0.1, 0.15) is 29.5 Å². The van der Waals surface area contributed by atoms with Crippen LogP contribution in [0.3, 0.4) is 0 Å². The Kier molecular flexibility index (Phi) is 9.85. The first-order valence-corrected chi connectivity index (χ1v) is 16.0. The second-order valence-electron chi connectivity index (χ2n) is 12.4. The van der Waals surface area contributed by atoms with Gasteiger partial charge in [-0.05, 0) is 63.2 Å². The minimum Gasteiger partial charge on any atom is -0.494 e. The van der Waals surface area contributed by atoms with Crippen LogP contribution in [0, 0.1) is 11.6 Å². The van der Waals surface area contributed by atoms with Gasteiger partial charge in [-0.3, -0.25) is 14.5 Å². The fourth-order valence-corrected chi connectivity index (χ4v) is 6.81. The Morgan fingerprint density at radius 1 is 1.02 bits per heavy atom. The van der Waals surface area contributed by atoms with Crippen LogP contribution in [-0.2, 0) is 9.63 Å². The molecule has 0 spiro atoms. The van der Waals surface area contributed by atoms with Gasteiger partial charge < -0.3 is 25.2 Å². The summed E-state index contributed by atoms with van der Waals surface area (Å²) in [6.07, 6.45) is 6.42. The Balaban J connectivity index is 1.22. The molecule has 2 N–H and O–H groups in total. The van der Waals surface area contributed by atoms with Crippen LogP contribution in [0.25, 0.3) is 0 Å². The summed E-state index contributed by atoms with van der Waals surface area (Å²) in [7, 11) is 5.90. The predicted molar refractivity (Wildman–Crippen MR) is 178 cm³/mol. The molecule has 1 amide bonds. The molecule has 0 saturated carbocycles. The molecule has 6 rings (SSSR count). The van der Waals surface area contributed by atoms with E-state index < -0.39 is 17.7 Å². The molecule has 1 aromatic heterocycles. The van der Waals surface area contributed by atoms with Gasteiger partial charge in [-0.25, -0.2) is 23.8 Å². The van der Waals surface area contributed by atoms with Crippen molar-refractivity contribution in [2.45, 2.75) is 43.8 Å². The number of nitrogens with one attached hydrogen (secondary N) is 2. The van der Waals surface area contributed by atoms with Crippen LogP contribution in [0.4, 0.5) is 37.5 Å². The van der Waals surface area contributed by atoms with Crippen molar-refractivity contribution in [1.29, 1.82) is 0 Å². The monoisotopic (exact) mass is 648 g/mol. The molecule has 4 heterocycles. The lowest BCUT2D eigenvalue weighted by Gasteiger charge is -2.39. The van der Waals surface area contributed by atoms with Crippen LogP contribution in [0.2, 0.25) is 0 Å². The number of likely N-dealkylation sites (tertiary alicyclic amines) is 1. The van der Waals surface area contributed by atoms with Gasteiger partial charge in [0.05, 0.1) is 36.8 Å². The van der Waals surface area contributed by atoms with Crippen LogP contribution >= 0.6 is 0 Å². The van der Waals surface area contributed by atoms with Crippen molar-refractivity contribution < 1.29 is 23.1 Å². The number of anilines is 5. The number of piperidine rings is 1. The Morgan fingerprint density at radius 3 is 2.47 bits per heavy atom. The van der Waals surface area contributed by atoms with Gasteiger partial charge >= 0.3 is 0 Å². The molecular formula is C34H42F2N8O3. The lowest BCUT2D eigenvalue weighted by atomic mass is 10.0. The first-order chi connectivity index (χ1) is 22.7. The van der Waals surface area contributed by atoms with Crippen molar-refractivity contribution in [3.05, 3.63) is 72.6 Å². The zero-order valence-electron chi connectivity index (χ0n) is 27.1. The van der Waals surface area contributed by atoms with Crippen molar-refractivity contribution in [3.63, 3.8) is 0 Å². The molecule has 3 aromatic rings. The van der Waals surface area contributed by atoms with E-state index in [2.05, 4.69) is 56.0 Å². The zero-order valence-corrected chi connectivity index (χ0v) is 27.1. The molecule has 0 radical (unpaired) electrons. The van der Waals surface area contributed by atoms with Crippen molar-refractivity contribution in [1.82, 2.24) is 19.8 Å². The molecular weight excluding hydrogens is 606 g/mol. The van der Waals surface area contributed by atoms with Gasteiger partial charge in [-0.1, -0.05) is 6.58 Å². The van der Waals surface area contributed by atoms with Crippen LogP contribution < -0.4 is 25.3 Å². The number of rotatable bonds is 10. The molecule has 47 heavy (non-hydrogen) atoms. The molecule has 11 nitrogen and oxygen atoms in total. The lowest BCUT2D eigenvalue weighted by Crippen LogP contribution is -2.45. The molecule has 3 fully saturated rings. The summed E-state index contributed by atoms with van der Waals surface area (Å²) >= 11 is 0. The Morgan fingerprint density at radius 2 is 1.79 bits per heavy atom. The highest BCUT2D eigenvalue weighted by atomic mass is 19.1. The van der Waals surface area contributed by atoms with Crippen molar-refractivity contribution in [2.75, 3.05) is 74.6 Å². The number of likely N-dealkylation sites (N-methyl/N-ethyl adjacent to an activating group) is 1. The summed E-state index contributed by atoms with van der Waals surface area (Å²) in [6, 6.07) is 9.61. The average molecular weight is 649 g/mol. The van der Waals surface area contributed by atoms with E-state index in [1.165, 1.54) is 31.0 Å². The van der Waals surface area contributed by atoms with E-state index in [-0.39, 0.29) is 5.91 Å². The summed E-state index contributed by atoms with van der Waals surface area (Å²) in [5.74, 6) is -0.202. The topological polar surface area (TPSA) is 98.3 Å². The number of hydrogen-bond acceptors (Lipinski definition) is 10. The predicted octanol–water partition coefficient (Wildman–Crippen LogP) is 5.12. The summed E-state index contributed by atoms with van der Waals surface area (Å²) in [6.45, 7) is 7.92. The number of ether oxygens (including phenoxy) is 1. The van der Waals surface area contributed by atoms with Crippen LogP contribution in [-0.4, -0.2) is 91.7 Å². The minimum atomic E-state index is -0.652. The van der Waals surface area contributed by atoms with Gasteiger partial charge in [-0.2, -0.15) is 0 Å². The standard InChI is InChI=1S/C34H42F2N8O3/c1-5-34(45)40-27-17-28(31(46-4)18-30(27)42-10-6-25(7-11-42)43-12-8-26(20-43)41(2)3)39-32-19-33(38-21-37-32)44-29(9-13-47-44)22-14-23(35)16-24(36)15-22/h5,14-19,21,25-26,29H,1,6-13,20H2,2-4H3,(H,40,45)(H,37,38,39)/t26-,29-/m1/s1. The maximum Gasteiger partial charge on any atom is 0.247 e. The number of amides is 1. The Labute approximate surface area is 274 Å². The largest absolute Gasteiger partial charge is 0.494 e. The second kappa shape index (κ2) is 14.2. The maximum atomic E-state index is 14.0. The first-order valence-electron chi connectivity index (χ1n) is 16.0. The van der Waals surface area contributed by atoms with Crippen LogP contribution in [0.15, 0.2) is 55.4 Å². The van der Waals surface area contributed by atoms with E-state index >= 15 is 0 Å². The number of nitrogens with zero attached hydrogens (tertiary/aromatic N) is 6. The number of aromatic nitrogens is 2. The van der Waals surface area contributed by atoms with Crippen LogP contribution in [0.5, 0.6) is 5.75 Å². The smallest absolute Gasteiger partial charge is 0.247 e. The van der Waals surface area contributed by atoms with Gasteiger partial charge in [0.25, 0.3) is 0 Å². The Bertz CT molecular complexity index is 1580. The van der Waals surface area contributed by atoms with E-state index in [0.29, 0.717) is 59.4 Å². The van der Waals surface area contributed by atoms with E-state index in [1.807, 2.05) is 12.1 Å². The second-order valence-corrected chi connectivity index (χ2v) is 12.4. The molecule has 0 unspecified atom stereocenters. The number of halogens is 2. The molecule has 0 bridgehead atoms. The Hall–Kier alpha value is -4.33. The molecule has 2 atom stereocenters. The SMILES string of the molecule is C=CC(=O)Nc1cc(Nc2cc(N3OCC[C@@H]3c3cc(F)cc(F)c3)ncn2)c(OC)cc1N1CCC(N2CC[C@@H](N(C)C)C2)CC1. The number of carbonyl (C=O) groups is 1. The fraction of sp³-hybridized carbons (Fsp3) is 0.441. The highest BCUT2D eigenvalue weighted by Gasteiger charge is 2.33. The molecule has 3 aliphatic heterocycles. The molecule has 0 aliphatic carbocycles. The summed E-state index contributed by atoms with van der Waals surface area (Å²) in [5.41, 5.74) is 2.52. The number of hydroxylamine groups is 1. The number of methoxy groups -OCH3 is 1. The lowest BCUT2D eigenvalue weighted by molar-refractivity contribution is -0.111. The number of hydrogen-bond donors (Lipinski definition) is 2. The molecule has 3 saturated heterocycles. The summed E-state index contributed by atoms with van der Waals surface area (Å²) in [5, 5.41) is 7.82. The molecule has 13 heteroatoms. The first kappa shape index (κ1) is 32.6. The van der Waals surface area contributed by atoms with Gasteiger partial charge in [0.15, 0.2) is 5.82 Å². The van der Waals surface area contributed by atoms with Gasteiger partial charge in [0.2, 0.25) is 5.91 Å². The average Bonchev–Trinajstić information content (AvgIpc) is 3.76. The van der Waals surface area contributed by atoms with Crippen molar-refractivity contribution in [3.8, 4) is 5.75 Å². The third kappa shape index (κ3) is 7.32. The summed E-state index contributed by atoms with van der Waals surface area (Å²) in [4.78, 5) is 34.4. The van der Waals surface area contributed by atoms with E-state index in [4.69, 9.17) is 9.57 Å². The minimum absolute atomic E-state index is 0.320. The maximum absolute atomic E-state index is 14.0. The zero-order chi connectivity index (χ0) is 33.1. The molecule has 3 aliphatic rings. The molecule has 250 valence electrons. The summed E-state index contributed by atoms with van der Waals surface area (Å²) < 4.78 is 33.8. The van der Waals surface area contributed by atoms with Gasteiger partial charge in [0, 0.05) is 62.9 Å². The van der Waals surface area contributed by atoms with E-state index in [9.17, 15) is 13.6 Å². The van der Waals surface area contributed by atoms with Crippen LogP contribution in [0.1, 0.15) is 37.3 Å². The van der Waals surface area contributed by atoms with Crippen molar-refractivity contribution >= 4 is 34.6 Å². The van der Waals surface area contributed by atoms with E-state index in [1.54, 1.807) is 18.2 Å². The third-order valence-electron chi connectivity index (χ3n) is 9.32. The third-order valence-corrected chi connectivity index (χ3v) is 9.32. The number of carbonyl (C=O) groups excluding carboxylic acids is 1. The fourth-order valence-electron chi connectivity index (χ4n) is 6.81. The van der Waals surface area contributed by atoms with Gasteiger partial charge in [-0.15, -0.1) is 0 Å². The van der Waals surface area contributed by atoms with E-state index in [0.717, 1.165) is 50.8 Å². The molecule has 2 aromatic carbocycles. The highest BCUT2D eigenvalue weighted by molar-refractivity contribution is 6.02.